The van der Waals surface area contributed by atoms with Crippen LogP contribution in [-0.2, 0) is 0 Å². The number of nitrogens with zero attached hydrogens (tertiary/aromatic N) is 1. The zero-order valence-corrected chi connectivity index (χ0v) is 15.6. The number of carbonyl (C=O) groups excluding carboxylic acids is 1. The Kier molecular flexibility index (Phi) is 6.10. The lowest BCUT2D eigenvalue weighted by Gasteiger charge is -2.35. The van der Waals surface area contributed by atoms with Crippen molar-refractivity contribution in [2.24, 2.45) is 11.8 Å². The van der Waals surface area contributed by atoms with E-state index in [1.165, 1.54) is 0 Å². The molecule has 1 atom stereocenters. The smallest absolute Gasteiger partial charge is 0.261 e. The highest BCUT2D eigenvalue weighted by Crippen LogP contribution is 2.26. The van der Waals surface area contributed by atoms with Gasteiger partial charge in [-0.3, -0.25) is 9.59 Å². The maximum Gasteiger partial charge on any atom is 0.261 e. The molecule has 1 aliphatic rings. The molecule has 0 bridgehead atoms. The molecule has 134 valence electrons. The number of aliphatic hydroxyl groups is 1. The van der Waals surface area contributed by atoms with Gasteiger partial charge in [-0.25, -0.2) is 0 Å². The summed E-state index contributed by atoms with van der Waals surface area (Å²) >= 11 is 6.18. The van der Waals surface area contributed by atoms with Gasteiger partial charge in [-0.1, -0.05) is 25.4 Å². The van der Waals surface area contributed by atoms with E-state index in [0.29, 0.717) is 35.3 Å². The number of aryl methyl sites for hydroxylation is 1. The van der Waals surface area contributed by atoms with Gasteiger partial charge in [0.1, 0.15) is 5.56 Å². The Morgan fingerprint density at radius 3 is 2.46 bits per heavy atom. The van der Waals surface area contributed by atoms with Crippen molar-refractivity contribution in [2.75, 3.05) is 13.1 Å². The van der Waals surface area contributed by atoms with E-state index in [-0.39, 0.29) is 29.1 Å². The maximum atomic E-state index is 12.7. The fourth-order valence-electron chi connectivity index (χ4n) is 3.43. The van der Waals surface area contributed by atoms with Gasteiger partial charge < -0.3 is 15.0 Å². The van der Waals surface area contributed by atoms with Crippen LogP contribution in [0, 0.1) is 25.7 Å². The van der Waals surface area contributed by atoms with E-state index < -0.39 is 0 Å². The third-order valence-corrected chi connectivity index (χ3v) is 5.43. The van der Waals surface area contributed by atoms with Crippen LogP contribution in [0.2, 0.25) is 5.02 Å². The highest BCUT2D eigenvalue weighted by molar-refractivity contribution is 6.32. The molecule has 0 aliphatic carbocycles. The number of piperidine rings is 1. The molecule has 6 heteroatoms. The Morgan fingerprint density at radius 2 is 1.92 bits per heavy atom. The number of halogens is 1. The standard InChI is InChI=1S/C18H27ClN2O3/c1-10(2)9-14(22)13-5-7-21(8-6-13)18(24)15-11(3)16(19)12(4)20-17(15)23/h10,13-14,22H,5-9H2,1-4H3,(H,20,23)/t14-/m1/s1. The molecule has 1 fully saturated rings. The number of pyridine rings is 1. The van der Waals surface area contributed by atoms with Crippen molar-refractivity contribution in [3.05, 3.63) is 32.2 Å². The third kappa shape index (κ3) is 4.01. The molecule has 2 N–H and O–H groups in total. The number of rotatable bonds is 4. The lowest BCUT2D eigenvalue weighted by atomic mass is 9.87. The summed E-state index contributed by atoms with van der Waals surface area (Å²) < 4.78 is 0. The number of hydrogen-bond acceptors (Lipinski definition) is 3. The van der Waals surface area contributed by atoms with Crippen molar-refractivity contribution >= 4 is 17.5 Å². The quantitative estimate of drug-likeness (QED) is 0.873. The van der Waals surface area contributed by atoms with Gasteiger partial charge in [0.05, 0.1) is 11.1 Å². The second-order valence-electron chi connectivity index (χ2n) is 7.22. The molecule has 0 spiro atoms. The van der Waals surface area contributed by atoms with Gasteiger partial charge in [-0.05, 0) is 50.5 Å². The van der Waals surface area contributed by atoms with Crippen LogP contribution in [-0.4, -0.2) is 40.1 Å². The Morgan fingerprint density at radius 1 is 1.33 bits per heavy atom. The number of nitrogens with one attached hydrogen (secondary N) is 1. The number of H-pyrrole nitrogens is 1. The summed E-state index contributed by atoms with van der Waals surface area (Å²) in [6, 6.07) is 0. The highest BCUT2D eigenvalue weighted by atomic mass is 35.5. The van der Waals surface area contributed by atoms with Crippen LogP contribution >= 0.6 is 11.6 Å². The minimum atomic E-state index is -0.388. The largest absolute Gasteiger partial charge is 0.393 e. The second kappa shape index (κ2) is 7.70. The van der Waals surface area contributed by atoms with Gasteiger partial charge in [0.25, 0.3) is 11.5 Å². The van der Waals surface area contributed by atoms with Gasteiger partial charge in [-0.15, -0.1) is 0 Å². The Labute approximate surface area is 148 Å². The number of aromatic amines is 1. The van der Waals surface area contributed by atoms with E-state index in [1.54, 1.807) is 18.7 Å². The van der Waals surface area contributed by atoms with Crippen molar-refractivity contribution in [1.82, 2.24) is 9.88 Å². The molecule has 24 heavy (non-hydrogen) atoms. The van der Waals surface area contributed by atoms with Crippen LogP contribution < -0.4 is 5.56 Å². The maximum absolute atomic E-state index is 12.7. The zero-order valence-electron chi connectivity index (χ0n) is 14.9. The van der Waals surface area contributed by atoms with Crippen molar-refractivity contribution in [2.45, 2.75) is 53.1 Å². The lowest BCUT2D eigenvalue weighted by Crippen LogP contribution is -2.43. The molecular weight excluding hydrogens is 328 g/mol. The fraction of sp³-hybridized carbons (Fsp3) is 0.667. The first kappa shape index (κ1) is 19.0. The SMILES string of the molecule is Cc1[nH]c(=O)c(C(=O)N2CCC([C@H](O)CC(C)C)CC2)c(C)c1Cl. The Bertz CT molecular complexity index is 661. The first-order valence-electron chi connectivity index (χ1n) is 8.58. The molecule has 0 aromatic carbocycles. The van der Waals surface area contributed by atoms with Crippen molar-refractivity contribution < 1.29 is 9.90 Å². The summed E-state index contributed by atoms with van der Waals surface area (Å²) in [5.41, 5.74) is 0.851. The van der Waals surface area contributed by atoms with E-state index in [2.05, 4.69) is 18.8 Å². The van der Waals surface area contributed by atoms with Crippen LogP contribution in [0.5, 0.6) is 0 Å². The first-order chi connectivity index (χ1) is 11.2. The van der Waals surface area contributed by atoms with Crippen molar-refractivity contribution in [3.63, 3.8) is 0 Å². The molecule has 1 saturated heterocycles. The van der Waals surface area contributed by atoms with Crippen molar-refractivity contribution in [1.29, 1.82) is 0 Å². The summed E-state index contributed by atoms with van der Waals surface area (Å²) in [5, 5.41) is 10.7. The number of aliphatic hydroxyl groups excluding tert-OH is 1. The normalized spacial score (nSPS) is 17.4. The number of amides is 1. The molecule has 1 aliphatic heterocycles. The first-order valence-corrected chi connectivity index (χ1v) is 8.96. The molecule has 5 nitrogen and oxygen atoms in total. The minimum absolute atomic E-state index is 0.131. The summed E-state index contributed by atoms with van der Waals surface area (Å²) in [5.74, 6) is 0.403. The summed E-state index contributed by atoms with van der Waals surface area (Å²) in [6.45, 7) is 8.73. The predicted molar refractivity (Wildman–Crippen MR) is 95.6 cm³/mol. The number of hydrogen-bond donors (Lipinski definition) is 2. The molecule has 0 saturated carbocycles. The molecule has 2 rings (SSSR count). The van der Waals surface area contributed by atoms with Gasteiger partial charge in [0.2, 0.25) is 0 Å². The molecule has 0 unspecified atom stereocenters. The van der Waals surface area contributed by atoms with Crippen LogP contribution in [0.1, 0.15) is 54.7 Å². The average Bonchev–Trinajstić information content (AvgIpc) is 2.52. The van der Waals surface area contributed by atoms with Crippen LogP contribution in [0.25, 0.3) is 0 Å². The van der Waals surface area contributed by atoms with Gasteiger partial charge in [-0.2, -0.15) is 0 Å². The molecule has 1 amide bonds. The second-order valence-corrected chi connectivity index (χ2v) is 7.60. The van der Waals surface area contributed by atoms with E-state index in [0.717, 1.165) is 19.3 Å². The van der Waals surface area contributed by atoms with Crippen LogP contribution in [0.3, 0.4) is 0 Å². The average molecular weight is 355 g/mol. The van der Waals surface area contributed by atoms with Crippen molar-refractivity contribution in [3.8, 4) is 0 Å². The van der Waals surface area contributed by atoms with E-state index in [4.69, 9.17) is 11.6 Å². The topological polar surface area (TPSA) is 73.4 Å². The summed E-state index contributed by atoms with van der Waals surface area (Å²) in [6.07, 6.45) is 1.98. The molecule has 0 radical (unpaired) electrons. The molecule has 2 heterocycles. The predicted octanol–water partition coefficient (Wildman–Crippen LogP) is 2.90. The summed E-state index contributed by atoms with van der Waals surface area (Å²) in [7, 11) is 0. The number of likely N-dealkylation sites (tertiary alicyclic amines) is 1. The lowest BCUT2D eigenvalue weighted by molar-refractivity contribution is 0.0384. The van der Waals surface area contributed by atoms with E-state index in [1.807, 2.05) is 0 Å². The zero-order chi connectivity index (χ0) is 18.0. The fourth-order valence-corrected chi connectivity index (χ4v) is 3.57. The molecule has 1 aromatic rings. The monoisotopic (exact) mass is 354 g/mol. The van der Waals surface area contributed by atoms with E-state index >= 15 is 0 Å². The van der Waals surface area contributed by atoms with Crippen LogP contribution in [0.4, 0.5) is 0 Å². The third-order valence-electron chi connectivity index (χ3n) is 4.86. The van der Waals surface area contributed by atoms with Gasteiger partial charge >= 0.3 is 0 Å². The minimum Gasteiger partial charge on any atom is -0.393 e. The molecule has 1 aromatic heterocycles. The Balaban J connectivity index is 2.09. The number of carbonyl (C=O) groups is 1. The van der Waals surface area contributed by atoms with E-state index in [9.17, 15) is 14.7 Å². The van der Waals surface area contributed by atoms with Gasteiger partial charge in [0.15, 0.2) is 0 Å². The van der Waals surface area contributed by atoms with Gasteiger partial charge in [0, 0.05) is 18.8 Å². The summed E-state index contributed by atoms with van der Waals surface area (Å²) in [4.78, 5) is 29.3. The highest BCUT2D eigenvalue weighted by Gasteiger charge is 2.30. The molecular formula is C18H27ClN2O3. The van der Waals surface area contributed by atoms with Crippen LogP contribution in [0.15, 0.2) is 4.79 Å². The number of aromatic nitrogens is 1. The Hall–Kier alpha value is -1.33.